The Morgan fingerprint density at radius 3 is 2.37 bits per heavy atom. The smallest absolute Gasteiger partial charge is 0.101 e. The summed E-state index contributed by atoms with van der Waals surface area (Å²) in [4.78, 5) is 4.99. The van der Waals surface area contributed by atoms with Crippen molar-refractivity contribution in [3.8, 4) is 0 Å². The zero-order valence-corrected chi connectivity index (χ0v) is 23.1. The highest BCUT2D eigenvalue weighted by atomic mass is 15.4. The van der Waals surface area contributed by atoms with E-state index in [1.807, 2.05) is 0 Å². The lowest BCUT2D eigenvalue weighted by atomic mass is 9.96. The molecule has 1 unspecified atom stereocenters. The van der Waals surface area contributed by atoms with Crippen molar-refractivity contribution in [3.05, 3.63) is 88.8 Å². The number of nitrogens with zero attached hydrogens (tertiary/aromatic N) is 2. The van der Waals surface area contributed by atoms with Gasteiger partial charge in [-0.2, -0.15) is 0 Å². The molecule has 0 aliphatic carbocycles. The zero-order chi connectivity index (χ0) is 25.4. The van der Waals surface area contributed by atoms with Crippen LogP contribution in [0.3, 0.4) is 0 Å². The van der Waals surface area contributed by atoms with E-state index >= 15 is 0 Å². The maximum atomic E-state index is 4.60. The minimum absolute atomic E-state index is 0.641. The number of aryl methyl sites for hydroxylation is 3. The van der Waals surface area contributed by atoms with E-state index in [1.54, 1.807) is 0 Å². The number of allylic oxidation sites excluding steroid dienone is 1. The average Bonchev–Trinajstić information content (AvgIpc) is 2.84. The minimum atomic E-state index is 0.641. The first-order valence-corrected chi connectivity index (χ1v) is 13.9. The van der Waals surface area contributed by atoms with Crippen LogP contribution < -0.4 is 4.90 Å². The third-order valence-corrected chi connectivity index (χ3v) is 7.63. The lowest BCUT2D eigenvalue weighted by molar-refractivity contribution is 0.233. The summed E-state index contributed by atoms with van der Waals surface area (Å²) in [5, 5.41) is 0. The van der Waals surface area contributed by atoms with Crippen LogP contribution in [0.2, 0.25) is 0 Å². The van der Waals surface area contributed by atoms with Crippen LogP contribution >= 0.6 is 0 Å². The molecule has 1 fully saturated rings. The largest absolute Gasteiger partial charge is 0.354 e. The summed E-state index contributed by atoms with van der Waals surface area (Å²) in [7, 11) is 0. The van der Waals surface area contributed by atoms with Gasteiger partial charge in [0, 0.05) is 25.3 Å². The van der Waals surface area contributed by atoms with Crippen LogP contribution in [0.15, 0.2) is 61.0 Å². The molecule has 3 rings (SSSR count). The number of anilines is 1. The molecule has 1 aliphatic rings. The topological polar surface area (TPSA) is 6.48 Å². The molecule has 35 heavy (non-hydrogen) atoms. The molecule has 1 aliphatic heterocycles. The van der Waals surface area contributed by atoms with Crippen molar-refractivity contribution in [1.82, 2.24) is 4.90 Å². The van der Waals surface area contributed by atoms with E-state index in [-0.39, 0.29) is 0 Å². The van der Waals surface area contributed by atoms with Gasteiger partial charge in [-0.3, -0.25) is 0 Å². The predicted octanol–water partition coefficient (Wildman–Crippen LogP) is 8.62. The van der Waals surface area contributed by atoms with E-state index in [1.165, 1.54) is 77.6 Å². The van der Waals surface area contributed by atoms with E-state index in [0.29, 0.717) is 5.92 Å². The molecule has 2 heteroatoms. The second-order valence-corrected chi connectivity index (χ2v) is 10.7. The summed E-state index contributed by atoms with van der Waals surface area (Å²) in [6.45, 7) is 23.0. The number of hydrogen-bond acceptors (Lipinski definition) is 2. The highest BCUT2D eigenvalue weighted by molar-refractivity contribution is 5.56. The molecule has 0 amide bonds. The van der Waals surface area contributed by atoms with Gasteiger partial charge in [0.2, 0.25) is 0 Å². The second kappa shape index (κ2) is 13.0. The van der Waals surface area contributed by atoms with Gasteiger partial charge in [0.1, 0.15) is 5.82 Å². The van der Waals surface area contributed by atoms with Gasteiger partial charge in [-0.25, -0.2) is 0 Å². The lowest BCUT2D eigenvalue weighted by Crippen LogP contribution is -2.47. The van der Waals surface area contributed by atoms with Gasteiger partial charge < -0.3 is 9.80 Å². The molecular weight excluding hydrogens is 424 g/mol. The molecule has 0 bridgehead atoms. The summed E-state index contributed by atoms with van der Waals surface area (Å²) < 4.78 is 0. The monoisotopic (exact) mass is 472 g/mol. The molecular formula is C33H48N2. The lowest BCUT2D eigenvalue weighted by Gasteiger charge is -2.44. The molecule has 2 aromatic rings. The molecule has 190 valence electrons. The highest BCUT2D eigenvalue weighted by Gasteiger charge is 2.28. The predicted molar refractivity (Wildman–Crippen MR) is 154 cm³/mol. The van der Waals surface area contributed by atoms with Crippen molar-refractivity contribution in [3.63, 3.8) is 0 Å². The number of rotatable bonds is 12. The summed E-state index contributed by atoms with van der Waals surface area (Å²) in [5.41, 5.74) is 9.67. The van der Waals surface area contributed by atoms with Crippen LogP contribution in [-0.4, -0.2) is 18.0 Å². The number of hydrogen-bond donors (Lipinski definition) is 0. The van der Waals surface area contributed by atoms with E-state index in [2.05, 4.69) is 94.0 Å². The van der Waals surface area contributed by atoms with Crippen LogP contribution in [0.5, 0.6) is 0 Å². The van der Waals surface area contributed by atoms with Crippen molar-refractivity contribution in [2.45, 2.75) is 92.5 Å². The zero-order valence-electron chi connectivity index (χ0n) is 23.1. The average molecular weight is 473 g/mol. The van der Waals surface area contributed by atoms with Gasteiger partial charge in [0.25, 0.3) is 0 Å². The molecule has 0 aromatic heterocycles. The molecule has 1 saturated heterocycles. The normalized spacial score (nSPS) is 16.1. The van der Waals surface area contributed by atoms with Gasteiger partial charge in [-0.1, -0.05) is 83.0 Å². The molecule has 0 saturated carbocycles. The van der Waals surface area contributed by atoms with Gasteiger partial charge in [0.05, 0.1) is 0 Å². The first-order chi connectivity index (χ1) is 16.9. The third-order valence-electron chi connectivity index (χ3n) is 7.63. The van der Waals surface area contributed by atoms with Crippen LogP contribution in [-0.2, 0) is 25.8 Å². The van der Waals surface area contributed by atoms with Crippen molar-refractivity contribution in [2.75, 3.05) is 18.0 Å². The standard InChI is InChI=1S/C33H48N2/c1-8-11-12-13-14-31-21-33(18-17-30(31)10-3)35-23-28(9-2)22-34(27(35)7)24-32-16-15-29(19-25(4)5)20-26(32)6/h15-18,20-21,28H,4,7-14,19,22-24H2,1-3,5-6H3. The Morgan fingerprint density at radius 2 is 1.71 bits per heavy atom. The Kier molecular flexibility index (Phi) is 10.1. The summed E-state index contributed by atoms with van der Waals surface area (Å²) in [6.07, 6.45) is 9.68. The fourth-order valence-electron chi connectivity index (χ4n) is 5.38. The maximum Gasteiger partial charge on any atom is 0.101 e. The van der Waals surface area contributed by atoms with Gasteiger partial charge in [0.15, 0.2) is 0 Å². The summed E-state index contributed by atoms with van der Waals surface area (Å²) in [6, 6.07) is 14.1. The number of unbranched alkanes of at least 4 members (excludes halogenated alkanes) is 3. The van der Waals surface area contributed by atoms with Gasteiger partial charge in [-0.15, -0.1) is 0 Å². The van der Waals surface area contributed by atoms with E-state index in [0.717, 1.165) is 38.3 Å². The van der Waals surface area contributed by atoms with Crippen molar-refractivity contribution in [2.24, 2.45) is 5.92 Å². The summed E-state index contributed by atoms with van der Waals surface area (Å²) >= 11 is 0. The Hall–Kier alpha value is -2.48. The fraction of sp³-hybridized carbons (Fsp3) is 0.515. The van der Waals surface area contributed by atoms with Crippen molar-refractivity contribution >= 4 is 5.69 Å². The SMILES string of the molecule is C=C(C)Cc1ccc(CN2CC(CC)CN(c3ccc(CC)c(CCCCCC)c3)C2=C)c(C)c1. The maximum absolute atomic E-state index is 4.60. The number of benzene rings is 2. The van der Waals surface area contributed by atoms with Crippen LogP contribution in [0.1, 0.15) is 87.6 Å². The highest BCUT2D eigenvalue weighted by Crippen LogP contribution is 2.32. The Balaban J connectivity index is 1.81. The minimum Gasteiger partial charge on any atom is -0.354 e. The molecule has 1 heterocycles. The molecule has 0 spiro atoms. The summed E-state index contributed by atoms with van der Waals surface area (Å²) in [5.74, 6) is 1.78. The first kappa shape index (κ1) is 27.1. The van der Waals surface area contributed by atoms with E-state index in [9.17, 15) is 0 Å². The Bertz CT molecular complexity index is 1000. The molecule has 2 aromatic carbocycles. The van der Waals surface area contributed by atoms with Gasteiger partial charge >= 0.3 is 0 Å². The Morgan fingerprint density at radius 1 is 0.943 bits per heavy atom. The molecule has 2 nitrogen and oxygen atoms in total. The van der Waals surface area contributed by atoms with E-state index < -0.39 is 0 Å². The van der Waals surface area contributed by atoms with Crippen molar-refractivity contribution < 1.29 is 0 Å². The third kappa shape index (κ3) is 7.26. The van der Waals surface area contributed by atoms with Crippen LogP contribution in [0, 0.1) is 12.8 Å². The van der Waals surface area contributed by atoms with Gasteiger partial charge in [-0.05, 0) is 91.8 Å². The first-order valence-electron chi connectivity index (χ1n) is 13.9. The molecule has 0 radical (unpaired) electrons. The quantitative estimate of drug-likeness (QED) is 0.225. The molecule has 1 atom stereocenters. The molecule has 0 N–H and O–H groups in total. The van der Waals surface area contributed by atoms with Crippen molar-refractivity contribution in [1.29, 1.82) is 0 Å². The second-order valence-electron chi connectivity index (χ2n) is 10.7. The Labute approximate surface area is 215 Å². The van der Waals surface area contributed by atoms with Crippen LogP contribution in [0.25, 0.3) is 0 Å². The van der Waals surface area contributed by atoms with E-state index in [4.69, 9.17) is 0 Å². The van der Waals surface area contributed by atoms with Crippen LogP contribution in [0.4, 0.5) is 5.69 Å². The fourth-order valence-corrected chi connectivity index (χ4v) is 5.38.